The summed E-state index contributed by atoms with van der Waals surface area (Å²) in [5.74, 6) is -0.510. The molecule has 0 unspecified atom stereocenters. The molecule has 0 aliphatic rings. The largest absolute Gasteiger partial charge is 0.462 e. The fraction of sp³-hybridized carbons (Fsp3) is 0.318. The van der Waals surface area contributed by atoms with E-state index in [-0.39, 0.29) is 12.2 Å². The minimum Gasteiger partial charge on any atom is -0.462 e. The number of carbonyl (C=O) groups is 1. The lowest BCUT2D eigenvalue weighted by atomic mass is 9.84. The van der Waals surface area contributed by atoms with E-state index in [1.165, 1.54) is 23.6 Å². The highest BCUT2D eigenvalue weighted by Gasteiger charge is 2.31. The number of rotatable bonds is 7. The van der Waals surface area contributed by atoms with Crippen molar-refractivity contribution in [2.45, 2.75) is 32.4 Å². The van der Waals surface area contributed by atoms with Crippen LogP contribution in [0.2, 0.25) is 0 Å². The van der Waals surface area contributed by atoms with E-state index >= 15 is 0 Å². The van der Waals surface area contributed by atoms with Gasteiger partial charge in [-0.15, -0.1) is 11.3 Å². The molecule has 0 saturated carbocycles. The highest BCUT2D eigenvalue weighted by molar-refractivity contribution is 7.10. The molecule has 1 aromatic heterocycles. The van der Waals surface area contributed by atoms with Gasteiger partial charge in [0.25, 0.3) is 0 Å². The molecular weight excluding hydrogens is 413 g/mol. The Bertz CT molecular complexity index is 988. The lowest BCUT2D eigenvalue weighted by Gasteiger charge is -2.23. The average molecular weight is 436 g/mol. The summed E-state index contributed by atoms with van der Waals surface area (Å²) in [6, 6.07) is 5.06. The van der Waals surface area contributed by atoms with Crippen molar-refractivity contribution in [2.75, 3.05) is 13.7 Å². The van der Waals surface area contributed by atoms with Crippen LogP contribution < -0.4 is 0 Å². The maximum absolute atomic E-state index is 13.0. The number of ether oxygens (including phenoxy) is 1. The summed E-state index contributed by atoms with van der Waals surface area (Å²) in [5, 5.41) is 2.37. The van der Waals surface area contributed by atoms with Crippen LogP contribution in [0.1, 0.15) is 31.3 Å². The third-order valence-corrected chi connectivity index (χ3v) is 5.60. The van der Waals surface area contributed by atoms with Crippen molar-refractivity contribution in [2.24, 2.45) is 4.99 Å². The fourth-order valence-corrected chi connectivity index (χ4v) is 3.54. The standard InChI is InChI=1S/C22H23F3N2O2S/c1-6-29-19(28)16(12-26-5)10-14(2)21(3,4)20-27-18(13-30-20)15-8-7-9-17(11-15)22(23,24)25/h7-13H,2,6H2,1,3-5H3/b16-10+,26-12?. The van der Waals surface area contributed by atoms with Gasteiger partial charge in [0.15, 0.2) is 0 Å². The molecule has 0 spiro atoms. The van der Waals surface area contributed by atoms with Gasteiger partial charge < -0.3 is 4.74 Å². The average Bonchev–Trinajstić information content (AvgIpc) is 3.18. The van der Waals surface area contributed by atoms with Crippen molar-refractivity contribution in [3.8, 4) is 11.3 Å². The first-order valence-corrected chi connectivity index (χ1v) is 10.0. The van der Waals surface area contributed by atoms with Crippen molar-refractivity contribution in [1.82, 2.24) is 4.98 Å². The van der Waals surface area contributed by atoms with Gasteiger partial charge in [0.05, 0.1) is 23.4 Å². The van der Waals surface area contributed by atoms with Crippen molar-refractivity contribution in [3.05, 3.63) is 64.0 Å². The third-order valence-electron chi connectivity index (χ3n) is 4.44. The van der Waals surface area contributed by atoms with Gasteiger partial charge in [-0.3, -0.25) is 4.99 Å². The lowest BCUT2D eigenvalue weighted by Crippen LogP contribution is -2.20. The van der Waals surface area contributed by atoms with Crippen LogP contribution in [-0.4, -0.2) is 30.8 Å². The van der Waals surface area contributed by atoms with Gasteiger partial charge in [0.2, 0.25) is 0 Å². The van der Waals surface area contributed by atoms with Gasteiger partial charge in [-0.1, -0.05) is 18.7 Å². The second-order valence-electron chi connectivity index (χ2n) is 6.97. The first kappa shape index (κ1) is 23.5. The third kappa shape index (κ3) is 5.44. The highest BCUT2D eigenvalue weighted by Crippen LogP contribution is 2.37. The molecule has 0 saturated heterocycles. The second-order valence-corrected chi connectivity index (χ2v) is 7.83. The van der Waals surface area contributed by atoms with Gasteiger partial charge in [-0.2, -0.15) is 13.2 Å². The summed E-state index contributed by atoms with van der Waals surface area (Å²) in [6.07, 6.45) is -1.43. The summed E-state index contributed by atoms with van der Waals surface area (Å²) in [5.41, 5.74) is 0.298. The van der Waals surface area contributed by atoms with Gasteiger partial charge in [-0.05, 0) is 44.6 Å². The lowest BCUT2D eigenvalue weighted by molar-refractivity contribution is -0.138. The maximum Gasteiger partial charge on any atom is 0.416 e. The molecule has 1 heterocycles. The zero-order valence-electron chi connectivity index (χ0n) is 17.2. The van der Waals surface area contributed by atoms with E-state index in [9.17, 15) is 18.0 Å². The van der Waals surface area contributed by atoms with Crippen molar-refractivity contribution in [1.29, 1.82) is 0 Å². The molecule has 4 nitrogen and oxygen atoms in total. The predicted molar refractivity (Wildman–Crippen MR) is 114 cm³/mol. The Labute approximate surface area is 177 Å². The minimum absolute atomic E-state index is 0.233. The topological polar surface area (TPSA) is 51.5 Å². The zero-order valence-corrected chi connectivity index (χ0v) is 18.0. The molecule has 2 rings (SSSR count). The molecule has 0 amide bonds. The monoisotopic (exact) mass is 436 g/mol. The second kappa shape index (κ2) is 9.38. The summed E-state index contributed by atoms with van der Waals surface area (Å²) >= 11 is 1.32. The number of hydrogen-bond donors (Lipinski definition) is 0. The number of esters is 1. The molecule has 2 aromatic rings. The molecule has 0 bridgehead atoms. The fourth-order valence-electron chi connectivity index (χ4n) is 2.56. The Morgan fingerprint density at radius 1 is 1.33 bits per heavy atom. The van der Waals surface area contributed by atoms with Gasteiger partial charge >= 0.3 is 12.1 Å². The summed E-state index contributed by atoms with van der Waals surface area (Å²) < 4.78 is 44.0. The maximum atomic E-state index is 13.0. The van der Waals surface area contributed by atoms with E-state index < -0.39 is 23.1 Å². The van der Waals surface area contributed by atoms with Crippen LogP contribution in [0.25, 0.3) is 11.3 Å². The van der Waals surface area contributed by atoms with Crippen LogP contribution in [0.15, 0.2) is 58.4 Å². The van der Waals surface area contributed by atoms with Crippen LogP contribution in [0.3, 0.4) is 0 Å². The van der Waals surface area contributed by atoms with Crippen molar-refractivity contribution in [3.63, 3.8) is 0 Å². The number of benzene rings is 1. The Morgan fingerprint density at radius 2 is 2.03 bits per heavy atom. The number of allylic oxidation sites excluding steroid dienone is 2. The molecule has 0 aliphatic heterocycles. The molecule has 0 N–H and O–H groups in total. The number of carbonyl (C=O) groups excluding carboxylic acids is 1. The summed E-state index contributed by atoms with van der Waals surface area (Å²) in [6.45, 7) is 9.77. The minimum atomic E-state index is -4.42. The Kier molecular flexibility index (Phi) is 7.36. The van der Waals surface area contributed by atoms with Crippen LogP contribution in [0, 0.1) is 0 Å². The van der Waals surface area contributed by atoms with E-state index in [2.05, 4.69) is 16.6 Å². The van der Waals surface area contributed by atoms with E-state index in [0.29, 0.717) is 21.8 Å². The number of thiazole rings is 1. The number of aliphatic imine (C=N–C) groups is 1. The molecule has 0 fully saturated rings. The van der Waals surface area contributed by atoms with Crippen molar-refractivity contribution < 1.29 is 22.7 Å². The molecule has 0 radical (unpaired) electrons. The summed E-state index contributed by atoms with van der Waals surface area (Å²) in [4.78, 5) is 20.5. The Balaban J connectivity index is 2.36. The van der Waals surface area contributed by atoms with E-state index in [4.69, 9.17) is 4.74 Å². The predicted octanol–water partition coefficient (Wildman–Crippen LogP) is 5.85. The molecule has 0 atom stereocenters. The molecule has 0 aliphatic carbocycles. The SMILES string of the molecule is C=C(/C=C(\C=NC)C(=O)OCC)C(C)(C)c1nc(-c2cccc(C(F)(F)F)c2)cs1. The first-order valence-electron chi connectivity index (χ1n) is 9.14. The van der Waals surface area contributed by atoms with Crippen LogP contribution in [0.4, 0.5) is 13.2 Å². The Morgan fingerprint density at radius 3 is 2.63 bits per heavy atom. The van der Waals surface area contributed by atoms with Crippen molar-refractivity contribution >= 4 is 23.5 Å². The number of aromatic nitrogens is 1. The van der Waals surface area contributed by atoms with E-state index in [1.54, 1.807) is 31.5 Å². The van der Waals surface area contributed by atoms with E-state index in [1.807, 2.05) is 13.8 Å². The number of hydrogen-bond acceptors (Lipinski definition) is 5. The quantitative estimate of drug-likeness (QED) is 0.237. The van der Waals surface area contributed by atoms with Crippen LogP contribution in [0.5, 0.6) is 0 Å². The number of nitrogens with zero attached hydrogens (tertiary/aromatic N) is 2. The zero-order chi connectivity index (χ0) is 22.5. The molecule has 1 aromatic carbocycles. The summed E-state index contributed by atoms with van der Waals surface area (Å²) in [7, 11) is 1.54. The highest BCUT2D eigenvalue weighted by atomic mass is 32.1. The smallest absolute Gasteiger partial charge is 0.416 e. The van der Waals surface area contributed by atoms with Gasteiger partial charge in [0.1, 0.15) is 5.01 Å². The number of alkyl halides is 3. The molecular formula is C22H23F3N2O2S. The van der Waals surface area contributed by atoms with Crippen LogP contribution >= 0.6 is 11.3 Å². The molecule has 8 heteroatoms. The molecule has 160 valence electrons. The Hall–Kier alpha value is -2.74. The first-order chi connectivity index (χ1) is 14.0. The van der Waals surface area contributed by atoms with Gasteiger partial charge in [-0.25, -0.2) is 9.78 Å². The normalized spacial score (nSPS) is 13.0. The number of halogens is 3. The molecule has 30 heavy (non-hydrogen) atoms. The van der Waals surface area contributed by atoms with E-state index in [0.717, 1.165) is 12.1 Å². The van der Waals surface area contributed by atoms with Crippen LogP contribution in [-0.2, 0) is 21.1 Å². The van der Waals surface area contributed by atoms with Gasteiger partial charge in [0, 0.05) is 29.6 Å².